The molecule has 13 rings (SSSR count). The summed E-state index contributed by atoms with van der Waals surface area (Å²) in [6.07, 6.45) is 0. The number of hydrogen-bond donors (Lipinski definition) is 0. The molecule has 11 aromatic rings. The molecular formula is C59H37NO2. The molecule has 3 heteroatoms. The Morgan fingerprint density at radius 2 is 0.984 bits per heavy atom. The standard InChI is InChI=1S/C59H37NO2/c1-2-15-38(16-3-1)43-18-6-10-25-53(43)60(41-32-29-40(30-33-41)45-21-14-22-47-46-20-7-11-26-54(46)62-58(45)47)42-34-36-49-48(37-42)57-44-19-5-4-17-39(44)31-35-52(57)59(49)50-23-8-12-27-55(50)61-56-28-13-9-24-51(56)59/h1-37H. The van der Waals surface area contributed by atoms with Crippen molar-refractivity contribution in [2.45, 2.75) is 5.41 Å². The molecule has 62 heavy (non-hydrogen) atoms. The van der Waals surface area contributed by atoms with Crippen LogP contribution in [0.2, 0.25) is 0 Å². The number of para-hydroxylation sites is 5. The van der Waals surface area contributed by atoms with Crippen LogP contribution in [0.5, 0.6) is 11.5 Å². The fraction of sp³-hybridized carbons (Fsp3) is 0.0169. The Kier molecular flexibility index (Phi) is 7.52. The molecule has 0 N–H and O–H groups in total. The van der Waals surface area contributed by atoms with Crippen LogP contribution >= 0.6 is 0 Å². The molecule has 290 valence electrons. The van der Waals surface area contributed by atoms with Crippen LogP contribution in [0.1, 0.15) is 22.3 Å². The summed E-state index contributed by atoms with van der Waals surface area (Å²) < 4.78 is 13.2. The Morgan fingerprint density at radius 1 is 0.371 bits per heavy atom. The van der Waals surface area contributed by atoms with Crippen LogP contribution in [0, 0.1) is 0 Å². The maximum absolute atomic E-state index is 6.68. The van der Waals surface area contributed by atoms with Gasteiger partial charge in [-0.3, -0.25) is 0 Å². The van der Waals surface area contributed by atoms with Crippen LogP contribution in [0.25, 0.3) is 66.1 Å². The molecule has 2 heterocycles. The molecule has 0 atom stereocenters. The average molecular weight is 792 g/mol. The lowest BCUT2D eigenvalue weighted by atomic mass is 9.66. The van der Waals surface area contributed by atoms with E-state index in [1.54, 1.807) is 0 Å². The maximum Gasteiger partial charge on any atom is 0.143 e. The van der Waals surface area contributed by atoms with Crippen LogP contribution in [-0.2, 0) is 5.41 Å². The third kappa shape index (κ3) is 4.94. The zero-order chi connectivity index (χ0) is 40.8. The van der Waals surface area contributed by atoms with Crippen LogP contribution < -0.4 is 9.64 Å². The topological polar surface area (TPSA) is 25.6 Å². The summed E-state index contributed by atoms with van der Waals surface area (Å²) in [5, 5.41) is 4.71. The normalized spacial score (nSPS) is 13.1. The number of furan rings is 1. The van der Waals surface area contributed by atoms with E-state index in [1.807, 2.05) is 12.1 Å². The molecule has 1 spiro atoms. The van der Waals surface area contributed by atoms with E-state index in [1.165, 1.54) is 33.0 Å². The first-order chi connectivity index (χ1) is 30.8. The highest BCUT2D eigenvalue weighted by molar-refractivity contribution is 6.10. The van der Waals surface area contributed by atoms with Crippen LogP contribution in [0.4, 0.5) is 17.1 Å². The highest BCUT2D eigenvalue weighted by atomic mass is 16.5. The maximum atomic E-state index is 6.68. The van der Waals surface area contributed by atoms with Gasteiger partial charge in [0, 0.05) is 44.4 Å². The molecular weight excluding hydrogens is 755 g/mol. The second kappa shape index (κ2) is 13.4. The van der Waals surface area contributed by atoms with E-state index in [-0.39, 0.29) is 0 Å². The van der Waals surface area contributed by atoms with Gasteiger partial charge in [-0.25, -0.2) is 0 Å². The van der Waals surface area contributed by atoms with E-state index in [0.717, 1.165) is 83.9 Å². The van der Waals surface area contributed by atoms with Crippen molar-refractivity contribution in [3.63, 3.8) is 0 Å². The van der Waals surface area contributed by atoms with Gasteiger partial charge in [0.05, 0.1) is 11.1 Å². The van der Waals surface area contributed by atoms with Crippen molar-refractivity contribution in [3.8, 4) is 44.9 Å². The molecule has 10 aromatic carbocycles. The average Bonchev–Trinajstić information content (AvgIpc) is 3.86. The number of ether oxygens (including phenoxy) is 1. The highest BCUT2D eigenvalue weighted by Gasteiger charge is 2.51. The Hall–Kier alpha value is -8.14. The van der Waals surface area contributed by atoms with E-state index >= 15 is 0 Å². The molecule has 0 saturated heterocycles. The molecule has 0 amide bonds. The quantitative estimate of drug-likeness (QED) is 0.174. The van der Waals surface area contributed by atoms with Gasteiger partial charge in [-0.15, -0.1) is 0 Å². The van der Waals surface area contributed by atoms with Crippen LogP contribution in [-0.4, -0.2) is 0 Å². The van der Waals surface area contributed by atoms with E-state index < -0.39 is 5.41 Å². The monoisotopic (exact) mass is 791 g/mol. The van der Waals surface area contributed by atoms with Gasteiger partial charge in [0.25, 0.3) is 0 Å². The van der Waals surface area contributed by atoms with Gasteiger partial charge in [-0.2, -0.15) is 0 Å². The minimum Gasteiger partial charge on any atom is -0.457 e. The third-order valence-electron chi connectivity index (χ3n) is 13.1. The van der Waals surface area contributed by atoms with Crippen molar-refractivity contribution in [2.75, 3.05) is 4.90 Å². The van der Waals surface area contributed by atoms with Gasteiger partial charge in [0.1, 0.15) is 22.7 Å². The minimum atomic E-state index is -0.579. The molecule has 3 nitrogen and oxygen atoms in total. The fourth-order valence-electron chi connectivity index (χ4n) is 10.5. The van der Waals surface area contributed by atoms with E-state index in [9.17, 15) is 0 Å². The summed E-state index contributed by atoms with van der Waals surface area (Å²) in [6, 6.07) is 80.9. The summed E-state index contributed by atoms with van der Waals surface area (Å²) in [5.41, 5.74) is 16.2. The zero-order valence-electron chi connectivity index (χ0n) is 33.6. The first kappa shape index (κ1) is 34.7. The Bertz CT molecular complexity index is 3520. The number of anilines is 3. The summed E-state index contributed by atoms with van der Waals surface area (Å²) in [4.78, 5) is 2.43. The summed E-state index contributed by atoms with van der Waals surface area (Å²) in [7, 11) is 0. The predicted molar refractivity (Wildman–Crippen MR) is 254 cm³/mol. The van der Waals surface area contributed by atoms with Crippen molar-refractivity contribution in [1.82, 2.24) is 0 Å². The number of benzene rings is 10. The van der Waals surface area contributed by atoms with Crippen molar-refractivity contribution in [1.29, 1.82) is 0 Å². The number of nitrogens with zero attached hydrogens (tertiary/aromatic N) is 1. The minimum absolute atomic E-state index is 0.579. The largest absolute Gasteiger partial charge is 0.457 e. The predicted octanol–water partition coefficient (Wildman–Crippen LogP) is 16.0. The number of rotatable bonds is 5. The molecule has 0 bridgehead atoms. The van der Waals surface area contributed by atoms with Gasteiger partial charge >= 0.3 is 0 Å². The lowest BCUT2D eigenvalue weighted by molar-refractivity contribution is 0.436. The van der Waals surface area contributed by atoms with Gasteiger partial charge in [0.15, 0.2) is 0 Å². The SMILES string of the molecule is c1ccc(-c2ccccc2N(c2ccc(-c3cccc4c3oc3ccccc34)cc2)c2ccc3c(c2)-c2c(ccc4ccccc24)C32c3ccccc3Oc3ccccc32)cc1. The van der Waals surface area contributed by atoms with Gasteiger partial charge in [0.2, 0.25) is 0 Å². The summed E-state index contributed by atoms with van der Waals surface area (Å²) >= 11 is 0. The zero-order valence-corrected chi connectivity index (χ0v) is 33.6. The Balaban J connectivity index is 1.06. The van der Waals surface area contributed by atoms with Gasteiger partial charge in [-0.05, 0) is 92.7 Å². The Morgan fingerprint density at radius 3 is 1.81 bits per heavy atom. The molecule has 0 saturated carbocycles. The lowest BCUT2D eigenvalue weighted by Gasteiger charge is -2.39. The molecule has 0 unspecified atom stereocenters. The molecule has 1 aliphatic carbocycles. The number of fused-ring (bicyclic) bond motifs is 14. The summed E-state index contributed by atoms with van der Waals surface area (Å²) in [5.74, 6) is 1.78. The second-order valence-electron chi connectivity index (χ2n) is 16.3. The van der Waals surface area contributed by atoms with E-state index in [0.29, 0.717) is 0 Å². The van der Waals surface area contributed by atoms with Crippen LogP contribution in [0.15, 0.2) is 229 Å². The fourth-order valence-corrected chi connectivity index (χ4v) is 10.5. The van der Waals surface area contributed by atoms with Crippen molar-refractivity contribution < 1.29 is 9.15 Å². The van der Waals surface area contributed by atoms with Crippen molar-refractivity contribution in [2.24, 2.45) is 0 Å². The highest BCUT2D eigenvalue weighted by Crippen LogP contribution is 2.63. The van der Waals surface area contributed by atoms with Gasteiger partial charge in [-0.1, -0.05) is 176 Å². The second-order valence-corrected chi connectivity index (χ2v) is 16.3. The van der Waals surface area contributed by atoms with E-state index in [2.05, 4.69) is 217 Å². The smallest absolute Gasteiger partial charge is 0.143 e. The molecule has 0 fully saturated rings. The third-order valence-corrected chi connectivity index (χ3v) is 13.1. The molecule has 1 aliphatic heterocycles. The van der Waals surface area contributed by atoms with Crippen molar-refractivity contribution in [3.05, 3.63) is 247 Å². The van der Waals surface area contributed by atoms with Crippen LogP contribution in [0.3, 0.4) is 0 Å². The first-order valence-electron chi connectivity index (χ1n) is 21.2. The molecule has 2 aliphatic rings. The van der Waals surface area contributed by atoms with Crippen molar-refractivity contribution >= 4 is 49.8 Å². The van der Waals surface area contributed by atoms with Gasteiger partial charge < -0.3 is 14.1 Å². The number of hydrogen-bond acceptors (Lipinski definition) is 3. The Labute approximate surface area is 359 Å². The molecule has 0 radical (unpaired) electrons. The molecule has 1 aromatic heterocycles. The van der Waals surface area contributed by atoms with E-state index in [4.69, 9.17) is 9.15 Å². The first-order valence-corrected chi connectivity index (χ1v) is 21.2. The lowest BCUT2D eigenvalue weighted by Crippen LogP contribution is -2.32. The summed E-state index contributed by atoms with van der Waals surface area (Å²) in [6.45, 7) is 0.